The zero-order valence-corrected chi connectivity index (χ0v) is 7.76. The minimum Gasteiger partial charge on any atom is -2.00 e. The summed E-state index contributed by atoms with van der Waals surface area (Å²) in [6, 6.07) is 0. The van der Waals surface area contributed by atoms with E-state index < -0.39 is 0 Å². The van der Waals surface area contributed by atoms with E-state index in [1.54, 1.807) is 0 Å². The molecule has 0 aliphatic carbocycles. The zero-order chi connectivity index (χ0) is 0. The van der Waals surface area contributed by atoms with Gasteiger partial charge in [-0.25, -0.2) is 0 Å². The summed E-state index contributed by atoms with van der Waals surface area (Å²) in [4.78, 5) is 0. The average Bonchev–Trinajstić information content (AvgIpc) is 0. The van der Waals surface area contributed by atoms with E-state index in [9.17, 15) is 0 Å². The van der Waals surface area contributed by atoms with E-state index in [2.05, 4.69) is 0 Å². The summed E-state index contributed by atoms with van der Waals surface area (Å²) in [5, 5.41) is 0. The van der Waals surface area contributed by atoms with Crippen LogP contribution in [0.1, 0.15) is 0 Å². The van der Waals surface area contributed by atoms with Crippen LogP contribution in [0, 0.1) is 0 Å². The fraction of sp³-hybridized carbons (Fsp3) is 0. The van der Waals surface area contributed by atoms with Gasteiger partial charge in [-0.15, -0.1) is 0 Å². The molecular formula is AuO4Ta. The molecule has 0 fully saturated rings. The summed E-state index contributed by atoms with van der Waals surface area (Å²) in [5.41, 5.74) is 0. The van der Waals surface area contributed by atoms with E-state index in [-0.39, 0.29) is 66.7 Å². The molecule has 0 spiro atoms. The zero-order valence-electron chi connectivity index (χ0n) is 2.38. The van der Waals surface area contributed by atoms with Crippen molar-refractivity contribution in [1.82, 2.24) is 0 Å². The Morgan fingerprint density at radius 1 is 0.500 bits per heavy atom. The van der Waals surface area contributed by atoms with Crippen LogP contribution in [0.25, 0.3) is 0 Å². The van der Waals surface area contributed by atoms with Crippen molar-refractivity contribution in [3.05, 3.63) is 0 Å². The summed E-state index contributed by atoms with van der Waals surface area (Å²) in [5.74, 6) is 0. The van der Waals surface area contributed by atoms with E-state index in [4.69, 9.17) is 0 Å². The predicted molar refractivity (Wildman–Crippen MR) is 2.75 cm³/mol. The van der Waals surface area contributed by atoms with Gasteiger partial charge in [-0.2, -0.15) is 0 Å². The van der Waals surface area contributed by atoms with Gasteiger partial charge in [0.25, 0.3) is 0 Å². The summed E-state index contributed by atoms with van der Waals surface area (Å²) < 4.78 is 0. The molecule has 0 aromatic rings. The number of hydrogen-bond acceptors (Lipinski definition) is 0. The Bertz CT molecular complexity index is 7.51. The molecule has 6 heteroatoms. The Labute approximate surface area is 66.6 Å². The monoisotopic (exact) mass is 442 g/mol. The molecule has 0 aromatic carbocycles. The van der Waals surface area contributed by atoms with Crippen molar-refractivity contribution in [3.8, 4) is 0 Å². The summed E-state index contributed by atoms with van der Waals surface area (Å²) >= 11 is 0. The first-order valence-corrected chi connectivity index (χ1v) is 0. The second-order valence-corrected chi connectivity index (χ2v) is 0. The third-order valence-electron chi connectivity index (χ3n) is 0. The molecule has 0 saturated heterocycles. The Balaban J connectivity index is 0. The molecule has 6 heavy (non-hydrogen) atoms. The Morgan fingerprint density at radius 2 is 0.500 bits per heavy atom. The van der Waals surface area contributed by atoms with Crippen LogP contribution in [-0.2, 0) is 66.7 Å². The Hall–Kier alpha value is 1.32. The van der Waals surface area contributed by atoms with Crippen LogP contribution in [0.4, 0.5) is 0 Å². The molecule has 40 valence electrons. The maximum Gasteiger partial charge on any atom is 5.00 e. The summed E-state index contributed by atoms with van der Waals surface area (Å²) in [6.45, 7) is 0. The van der Waals surface area contributed by atoms with E-state index in [1.165, 1.54) is 0 Å². The molecule has 0 aromatic heterocycles. The van der Waals surface area contributed by atoms with Crippen LogP contribution < -0.4 is 0 Å². The van der Waals surface area contributed by atoms with Crippen molar-refractivity contribution in [1.29, 1.82) is 0 Å². The molecule has 0 saturated carbocycles. The van der Waals surface area contributed by atoms with Crippen LogP contribution in [-0.4, -0.2) is 0 Å². The van der Waals surface area contributed by atoms with Gasteiger partial charge in [-0.1, -0.05) is 0 Å². The van der Waals surface area contributed by atoms with Crippen molar-refractivity contribution >= 4 is 0 Å². The van der Waals surface area contributed by atoms with Crippen LogP contribution >= 0.6 is 0 Å². The molecule has 0 amide bonds. The van der Waals surface area contributed by atoms with Crippen LogP contribution in [0.3, 0.4) is 0 Å². The summed E-state index contributed by atoms with van der Waals surface area (Å²) in [6.07, 6.45) is 0. The fourth-order valence-corrected chi connectivity index (χ4v) is 0. The maximum atomic E-state index is 0. The van der Waals surface area contributed by atoms with E-state index >= 15 is 0 Å². The van der Waals surface area contributed by atoms with Gasteiger partial charge in [-0.05, 0) is 0 Å². The second kappa shape index (κ2) is 103. The summed E-state index contributed by atoms with van der Waals surface area (Å²) in [7, 11) is 0. The molecule has 4 nitrogen and oxygen atoms in total. The van der Waals surface area contributed by atoms with E-state index in [1.807, 2.05) is 0 Å². The molecule has 0 bridgehead atoms. The van der Waals surface area contributed by atoms with Gasteiger partial charge in [0, 0.05) is 0 Å². The van der Waals surface area contributed by atoms with Gasteiger partial charge in [0.2, 0.25) is 0 Å². The van der Waals surface area contributed by atoms with Crippen LogP contribution in [0.5, 0.6) is 0 Å². The maximum absolute atomic E-state index is 0. The van der Waals surface area contributed by atoms with Gasteiger partial charge >= 0.3 is 44.8 Å². The first-order chi connectivity index (χ1) is 0. The third-order valence-corrected chi connectivity index (χ3v) is 0. The molecule has 0 radical (unpaired) electrons. The average molecular weight is 442 g/mol. The third kappa shape index (κ3) is 57.0. The van der Waals surface area contributed by atoms with Gasteiger partial charge < -0.3 is 21.9 Å². The molecule has 0 aliphatic heterocycles. The van der Waals surface area contributed by atoms with Gasteiger partial charge in [0.1, 0.15) is 0 Å². The predicted octanol–water partition coefficient (Wildman–Crippen LogP) is -0.480. The van der Waals surface area contributed by atoms with E-state index in [0.29, 0.717) is 0 Å². The van der Waals surface area contributed by atoms with Crippen molar-refractivity contribution in [2.75, 3.05) is 0 Å². The molecule has 0 rings (SSSR count). The molecule has 0 heterocycles. The van der Waals surface area contributed by atoms with Crippen molar-refractivity contribution in [2.24, 2.45) is 0 Å². The normalized spacial score (nSPS) is 0. The van der Waals surface area contributed by atoms with Gasteiger partial charge in [-0.3, -0.25) is 0 Å². The van der Waals surface area contributed by atoms with Crippen LogP contribution in [0.2, 0.25) is 0 Å². The number of rotatable bonds is 0. The van der Waals surface area contributed by atoms with E-state index in [0.717, 1.165) is 0 Å². The Morgan fingerprint density at radius 3 is 0.500 bits per heavy atom. The smallest absolute Gasteiger partial charge is 2.00 e. The Kier molecular flexibility index (Phi) is 2870. The second-order valence-electron chi connectivity index (χ2n) is 0. The van der Waals surface area contributed by atoms with Crippen molar-refractivity contribution in [2.45, 2.75) is 0 Å². The molecule has 0 atom stereocenters. The fourth-order valence-electron chi connectivity index (χ4n) is 0. The molecule has 0 unspecified atom stereocenters. The minimum atomic E-state index is 0. The minimum absolute atomic E-state index is 0. The largest absolute Gasteiger partial charge is 5.00 e. The first kappa shape index (κ1) is 168. The topological polar surface area (TPSA) is 114 Å². The first-order valence-electron chi connectivity index (χ1n) is 0. The number of hydrogen-bond donors (Lipinski definition) is 0. The molecule has 0 aliphatic rings. The van der Waals surface area contributed by atoms with Crippen LogP contribution in [0.15, 0.2) is 0 Å². The van der Waals surface area contributed by atoms with Gasteiger partial charge in [0.05, 0.1) is 0 Å². The van der Waals surface area contributed by atoms with Gasteiger partial charge in [0.15, 0.2) is 0 Å². The molecular weight excluding hydrogens is 442 g/mol. The standard InChI is InChI=1S/Au.4O.Ta/q+3;4*-2;+5. The van der Waals surface area contributed by atoms with Crippen molar-refractivity contribution in [3.63, 3.8) is 0 Å². The van der Waals surface area contributed by atoms with Crippen molar-refractivity contribution < 1.29 is 66.7 Å². The molecule has 0 N–H and O–H groups in total. The SMILES string of the molecule is [Au+3].[O-2].[O-2].[O-2].[O-2].[Ta+5]. The quantitative estimate of drug-likeness (QED) is 0.452.